The SMILES string of the molecule is CC1Cn2c(N)c(N)c(=O)n2C1. The van der Waals surface area contributed by atoms with Crippen molar-refractivity contribution in [3.8, 4) is 0 Å². The summed E-state index contributed by atoms with van der Waals surface area (Å²) >= 11 is 0. The molecular weight excluding hydrogens is 156 g/mol. The highest BCUT2D eigenvalue weighted by Gasteiger charge is 2.23. The molecule has 2 heterocycles. The lowest BCUT2D eigenvalue weighted by Gasteiger charge is -2.00. The van der Waals surface area contributed by atoms with Crippen LogP contribution < -0.4 is 17.0 Å². The lowest BCUT2D eigenvalue weighted by Crippen LogP contribution is -2.18. The van der Waals surface area contributed by atoms with Crippen molar-refractivity contribution in [2.75, 3.05) is 11.5 Å². The Morgan fingerprint density at radius 2 is 1.92 bits per heavy atom. The van der Waals surface area contributed by atoms with E-state index in [4.69, 9.17) is 11.5 Å². The molecule has 66 valence electrons. The number of hydrogen-bond donors (Lipinski definition) is 2. The lowest BCUT2D eigenvalue weighted by molar-refractivity contribution is 0.556. The third-order valence-electron chi connectivity index (χ3n) is 2.28. The highest BCUT2D eigenvalue weighted by atomic mass is 16.1. The van der Waals surface area contributed by atoms with E-state index in [0.717, 1.165) is 13.1 Å². The minimum atomic E-state index is -0.156. The number of nitrogen functional groups attached to an aromatic ring is 2. The van der Waals surface area contributed by atoms with E-state index in [0.29, 0.717) is 11.7 Å². The fraction of sp³-hybridized carbons (Fsp3) is 0.571. The monoisotopic (exact) mass is 168 g/mol. The van der Waals surface area contributed by atoms with Crippen LogP contribution in [0.15, 0.2) is 4.79 Å². The van der Waals surface area contributed by atoms with Gasteiger partial charge in [0, 0.05) is 13.1 Å². The summed E-state index contributed by atoms with van der Waals surface area (Å²) in [4.78, 5) is 11.4. The average Bonchev–Trinajstić information content (AvgIpc) is 2.49. The Labute approximate surface area is 69.5 Å². The zero-order valence-corrected chi connectivity index (χ0v) is 6.95. The van der Waals surface area contributed by atoms with Gasteiger partial charge in [0.2, 0.25) is 0 Å². The molecule has 1 aromatic heterocycles. The fourth-order valence-electron chi connectivity index (χ4n) is 1.65. The van der Waals surface area contributed by atoms with E-state index in [1.165, 1.54) is 0 Å². The van der Waals surface area contributed by atoms with Gasteiger partial charge in [-0.2, -0.15) is 0 Å². The zero-order valence-electron chi connectivity index (χ0n) is 6.95. The van der Waals surface area contributed by atoms with Gasteiger partial charge < -0.3 is 11.5 Å². The van der Waals surface area contributed by atoms with Crippen LogP contribution >= 0.6 is 0 Å². The van der Waals surface area contributed by atoms with Crippen molar-refractivity contribution in [1.29, 1.82) is 0 Å². The smallest absolute Gasteiger partial charge is 0.292 e. The molecule has 5 nitrogen and oxygen atoms in total. The number of anilines is 2. The molecule has 1 aliphatic heterocycles. The van der Waals surface area contributed by atoms with Gasteiger partial charge in [0.15, 0.2) is 0 Å². The van der Waals surface area contributed by atoms with Crippen LogP contribution in [0.25, 0.3) is 0 Å². The molecule has 0 saturated carbocycles. The predicted octanol–water partition coefficient (Wildman–Crippen LogP) is -0.536. The van der Waals surface area contributed by atoms with E-state index < -0.39 is 0 Å². The highest BCUT2D eigenvalue weighted by Crippen LogP contribution is 2.19. The quantitative estimate of drug-likeness (QED) is 0.546. The number of nitrogens with two attached hydrogens (primary N) is 2. The number of nitrogens with zero attached hydrogens (tertiary/aromatic N) is 2. The Morgan fingerprint density at radius 3 is 2.50 bits per heavy atom. The molecule has 1 aliphatic rings. The molecule has 4 N–H and O–H groups in total. The van der Waals surface area contributed by atoms with Gasteiger partial charge in [0.25, 0.3) is 5.56 Å². The van der Waals surface area contributed by atoms with Crippen LogP contribution in [0.1, 0.15) is 6.92 Å². The number of hydrogen-bond acceptors (Lipinski definition) is 3. The highest BCUT2D eigenvalue weighted by molar-refractivity contribution is 5.57. The van der Waals surface area contributed by atoms with Crippen molar-refractivity contribution in [2.45, 2.75) is 20.0 Å². The van der Waals surface area contributed by atoms with Gasteiger partial charge in [-0.3, -0.25) is 9.48 Å². The van der Waals surface area contributed by atoms with Gasteiger partial charge in [-0.05, 0) is 5.92 Å². The van der Waals surface area contributed by atoms with Gasteiger partial charge in [0.1, 0.15) is 11.5 Å². The molecule has 0 aliphatic carbocycles. The van der Waals surface area contributed by atoms with Gasteiger partial charge in [-0.25, -0.2) is 4.68 Å². The van der Waals surface area contributed by atoms with Crippen molar-refractivity contribution in [3.63, 3.8) is 0 Å². The summed E-state index contributed by atoms with van der Waals surface area (Å²) in [6.45, 7) is 3.59. The maximum Gasteiger partial charge on any atom is 0.292 e. The van der Waals surface area contributed by atoms with Gasteiger partial charge in [0.05, 0.1) is 0 Å². The van der Waals surface area contributed by atoms with Gasteiger partial charge >= 0.3 is 0 Å². The fourth-order valence-corrected chi connectivity index (χ4v) is 1.65. The lowest BCUT2D eigenvalue weighted by atomic mass is 10.2. The number of aromatic nitrogens is 2. The zero-order chi connectivity index (χ0) is 8.88. The van der Waals surface area contributed by atoms with Crippen molar-refractivity contribution in [1.82, 2.24) is 9.36 Å². The molecule has 0 spiro atoms. The van der Waals surface area contributed by atoms with Crippen LogP contribution in [-0.4, -0.2) is 9.36 Å². The normalized spacial score (nSPS) is 21.2. The second-order valence-electron chi connectivity index (χ2n) is 3.37. The van der Waals surface area contributed by atoms with E-state index >= 15 is 0 Å². The first-order valence-electron chi connectivity index (χ1n) is 3.95. The van der Waals surface area contributed by atoms with Crippen molar-refractivity contribution >= 4 is 11.5 Å². The maximum atomic E-state index is 11.4. The molecular formula is C7H12N4O. The first-order valence-corrected chi connectivity index (χ1v) is 3.95. The molecule has 12 heavy (non-hydrogen) atoms. The first-order chi connectivity index (χ1) is 5.61. The molecule has 1 atom stereocenters. The molecule has 1 unspecified atom stereocenters. The molecule has 1 aromatic rings. The van der Waals surface area contributed by atoms with Crippen LogP contribution in [0.2, 0.25) is 0 Å². The van der Waals surface area contributed by atoms with Crippen molar-refractivity contribution in [3.05, 3.63) is 10.4 Å². The minimum absolute atomic E-state index is 0.156. The largest absolute Gasteiger partial charge is 0.391 e. The Morgan fingerprint density at radius 1 is 1.33 bits per heavy atom. The second-order valence-corrected chi connectivity index (χ2v) is 3.37. The number of fused-ring (bicyclic) bond motifs is 1. The maximum absolute atomic E-state index is 11.4. The first kappa shape index (κ1) is 7.27. The minimum Gasteiger partial charge on any atom is -0.391 e. The topological polar surface area (TPSA) is 79.0 Å². The third kappa shape index (κ3) is 0.704. The van der Waals surface area contributed by atoms with E-state index in [9.17, 15) is 4.79 Å². The molecule has 0 aromatic carbocycles. The Balaban J connectivity index is 2.66. The van der Waals surface area contributed by atoms with Crippen molar-refractivity contribution in [2.24, 2.45) is 5.92 Å². The average molecular weight is 168 g/mol. The summed E-state index contributed by atoms with van der Waals surface area (Å²) in [5.74, 6) is 0.880. The molecule has 0 radical (unpaired) electrons. The van der Waals surface area contributed by atoms with Crippen LogP contribution in [0, 0.1) is 5.92 Å². The van der Waals surface area contributed by atoms with E-state index in [2.05, 4.69) is 6.92 Å². The predicted molar refractivity (Wildman–Crippen MR) is 46.7 cm³/mol. The van der Waals surface area contributed by atoms with Gasteiger partial charge in [-0.15, -0.1) is 0 Å². The summed E-state index contributed by atoms with van der Waals surface area (Å²) in [6.07, 6.45) is 0. The summed E-state index contributed by atoms with van der Waals surface area (Å²) in [5.41, 5.74) is 11.1. The summed E-state index contributed by atoms with van der Waals surface area (Å²) in [6, 6.07) is 0. The second kappa shape index (κ2) is 2.06. The van der Waals surface area contributed by atoms with E-state index in [1.54, 1.807) is 9.36 Å². The molecule has 0 fully saturated rings. The Kier molecular flexibility index (Phi) is 1.25. The Bertz CT molecular complexity index is 375. The van der Waals surface area contributed by atoms with Gasteiger partial charge in [-0.1, -0.05) is 6.92 Å². The van der Waals surface area contributed by atoms with Crippen LogP contribution in [0.4, 0.5) is 11.5 Å². The standard InChI is InChI=1S/C7H12N4O/c1-4-2-10-6(9)5(8)7(12)11(10)3-4/h4H,2-3,8-9H2,1H3. The summed E-state index contributed by atoms with van der Waals surface area (Å²) in [7, 11) is 0. The molecule has 0 saturated heterocycles. The number of rotatable bonds is 0. The summed E-state index contributed by atoms with van der Waals surface area (Å²) in [5, 5.41) is 0. The molecule has 2 rings (SSSR count). The van der Waals surface area contributed by atoms with Crippen molar-refractivity contribution < 1.29 is 0 Å². The van der Waals surface area contributed by atoms with Crippen LogP contribution in [0.5, 0.6) is 0 Å². The summed E-state index contributed by atoms with van der Waals surface area (Å²) < 4.78 is 3.36. The third-order valence-corrected chi connectivity index (χ3v) is 2.28. The van der Waals surface area contributed by atoms with Crippen LogP contribution in [0.3, 0.4) is 0 Å². The molecule has 5 heteroatoms. The molecule has 0 amide bonds. The van der Waals surface area contributed by atoms with E-state index in [-0.39, 0.29) is 11.2 Å². The van der Waals surface area contributed by atoms with Crippen LogP contribution in [-0.2, 0) is 13.1 Å². The Hall–Kier alpha value is -1.39. The van der Waals surface area contributed by atoms with E-state index in [1.807, 2.05) is 0 Å². The molecule has 0 bridgehead atoms.